The van der Waals surface area contributed by atoms with Crippen LogP contribution in [0.3, 0.4) is 0 Å². The van der Waals surface area contributed by atoms with Crippen LogP contribution >= 0.6 is 0 Å². The molecule has 0 saturated carbocycles. The number of carbonyl (C=O) groups excluding carboxylic acids is 3. The standard InChI is InChI=1S/C20H19NO6/c1-3-4-11-26-16-10-9-13(12-17(16)25-2)20(24)27-21-18(22)14-7-5-6-8-15(14)19(21)23/h5-10,12H,3-4,11H2,1-2H3. The first-order valence-electron chi connectivity index (χ1n) is 8.57. The van der Waals surface area contributed by atoms with Crippen molar-refractivity contribution in [2.45, 2.75) is 19.8 Å². The number of amides is 2. The first kappa shape index (κ1) is 18.4. The van der Waals surface area contributed by atoms with Gasteiger partial charge >= 0.3 is 5.97 Å². The minimum Gasteiger partial charge on any atom is -0.493 e. The summed E-state index contributed by atoms with van der Waals surface area (Å²) in [7, 11) is 1.46. The van der Waals surface area contributed by atoms with E-state index in [9.17, 15) is 14.4 Å². The fourth-order valence-corrected chi connectivity index (χ4v) is 2.63. The zero-order chi connectivity index (χ0) is 19.4. The predicted octanol–water partition coefficient (Wildman–Crippen LogP) is 3.24. The van der Waals surface area contributed by atoms with E-state index in [1.165, 1.54) is 31.4 Å². The molecular weight excluding hydrogens is 350 g/mol. The molecule has 27 heavy (non-hydrogen) atoms. The molecule has 2 aromatic rings. The molecule has 0 fully saturated rings. The molecule has 0 bridgehead atoms. The number of hydroxylamine groups is 2. The van der Waals surface area contributed by atoms with Crippen molar-refractivity contribution < 1.29 is 28.7 Å². The van der Waals surface area contributed by atoms with E-state index in [4.69, 9.17) is 14.3 Å². The molecule has 7 nitrogen and oxygen atoms in total. The summed E-state index contributed by atoms with van der Waals surface area (Å²) in [5, 5.41) is 0.477. The number of ether oxygens (including phenoxy) is 2. The van der Waals surface area contributed by atoms with Gasteiger partial charge in [0.1, 0.15) is 0 Å². The van der Waals surface area contributed by atoms with E-state index in [0.29, 0.717) is 23.2 Å². The Labute approximate surface area is 156 Å². The van der Waals surface area contributed by atoms with Gasteiger partial charge in [0, 0.05) is 0 Å². The van der Waals surface area contributed by atoms with Crippen LogP contribution in [-0.2, 0) is 4.84 Å². The predicted molar refractivity (Wildman–Crippen MR) is 95.8 cm³/mol. The van der Waals surface area contributed by atoms with Crippen molar-refractivity contribution in [1.29, 1.82) is 0 Å². The highest BCUT2D eigenvalue weighted by Gasteiger charge is 2.38. The lowest BCUT2D eigenvalue weighted by Crippen LogP contribution is -2.32. The summed E-state index contributed by atoms with van der Waals surface area (Å²) in [6.07, 6.45) is 1.89. The number of hydrogen-bond donors (Lipinski definition) is 0. The molecule has 0 aromatic heterocycles. The van der Waals surface area contributed by atoms with E-state index in [1.807, 2.05) is 0 Å². The minimum absolute atomic E-state index is 0.131. The highest BCUT2D eigenvalue weighted by atomic mass is 16.7. The van der Waals surface area contributed by atoms with Crippen molar-refractivity contribution in [1.82, 2.24) is 5.06 Å². The van der Waals surface area contributed by atoms with Gasteiger partial charge in [-0.15, -0.1) is 0 Å². The number of methoxy groups -OCH3 is 1. The van der Waals surface area contributed by atoms with Crippen molar-refractivity contribution in [2.24, 2.45) is 0 Å². The van der Waals surface area contributed by atoms with Gasteiger partial charge in [0.25, 0.3) is 11.8 Å². The van der Waals surface area contributed by atoms with Crippen LogP contribution in [0.2, 0.25) is 0 Å². The lowest BCUT2D eigenvalue weighted by Gasteiger charge is -2.14. The van der Waals surface area contributed by atoms with E-state index in [2.05, 4.69) is 6.92 Å². The Kier molecular flexibility index (Phi) is 5.40. The van der Waals surface area contributed by atoms with Crippen LogP contribution in [0.15, 0.2) is 42.5 Å². The fourth-order valence-electron chi connectivity index (χ4n) is 2.63. The molecule has 0 atom stereocenters. The van der Waals surface area contributed by atoms with E-state index < -0.39 is 17.8 Å². The second-order valence-corrected chi connectivity index (χ2v) is 5.90. The number of unbranched alkanes of at least 4 members (excludes halogenated alkanes) is 1. The molecule has 0 radical (unpaired) electrons. The van der Waals surface area contributed by atoms with Crippen molar-refractivity contribution in [3.05, 3.63) is 59.2 Å². The molecule has 0 saturated heterocycles. The summed E-state index contributed by atoms with van der Waals surface area (Å²) in [5.74, 6) is -1.32. The molecule has 1 heterocycles. The summed E-state index contributed by atoms with van der Waals surface area (Å²) < 4.78 is 10.9. The molecule has 0 spiro atoms. The zero-order valence-corrected chi connectivity index (χ0v) is 15.1. The maximum atomic E-state index is 12.4. The van der Waals surface area contributed by atoms with Crippen molar-refractivity contribution in [2.75, 3.05) is 13.7 Å². The fraction of sp³-hybridized carbons (Fsp3) is 0.250. The van der Waals surface area contributed by atoms with Gasteiger partial charge in [-0.3, -0.25) is 9.59 Å². The third-order valence-electron chi connectivity index (χ3n) is 4.09. The molecule has 1 aliphatic rings. The molecule has 1 aliphatic heterocycles. The Balaban J connectivity index is 1.75. The van der Waals surface area contributed by atoms with Crippen LogP contribution in [0, 0.1) is 0 Å². The summed E-state index contributed by atoms with van der Waals surface area (Å²) in [4.78, 5) is 42.0. The topological polar surface area (TPSA) is 82.1 Å². The van der Waals surface area contributed by atoms with Crippen LogP contribution < -0.4 is 9.47 Å². The van der Waals surface area contributed by atoms with Crippen LogP contribution in [-0.4, -0.2) is 36.6 Å². The molecule has 0 N–H and O–H groups in total. The normalized spacial score (nSPS) is 12.7. The molecule has 3 rings (SSSR count). The minimum atomic E-state index is -0.845. The maximum absolute atomic E-state index is 12.4. The Bertz CT molecular complexity index is 857. The van der Waals surface area contributed by atoms with Gasteiger partial charge in [-0.05, 0) is 36.8 Å². The lowest BCUT2D eigenvalue weighted by molar-refractivity contribution is -0.0584. The highest BCUT2D eigenvalue weighted by Crippen LogP contribution is 2.29. The molecule has 2 amide bonds. The average molecular weight is 369 g/mol. The zero-order valence-electron chi connectivity index (χ0n) is 15.1. The summed E-state index contributed by atoms with van der Waals surface area (Å²) in [6, 6.07) is 10.8. The van der Waals surface area contributed by atoms with Gasteiger partial charge in [-0.25, -0.2) is 4.79 Å². The quantitative estimate of drug-likeness (QED) is 0.550. The lowest BCUT2D eigenvalue weighted by atomic mass is 10.1. The Morgan fingerprint density at radius 3 is 2.26 bits per heavy atom. The smallest absolute Gasteiger partial charge is 0.364 e. The molecule has 0 aliphatic carbocycles. The van der Waals surface area contributed by atoms with Gasteiger partial charge in [-0.1, -0.05) is 30.5 Å². The third kappa shape index (κ3) is 3.62. The molecule has 7 heteroatoms. The van der Waals surface area contributed by atoms with Crippen molar-refractivity contribution >= 4 is 17.8 Å². The Hall–Kier alpha value is -3.35. The van der Waals surface area contributed by atoms with Gasteiger partial charge in [-0.2, -0.15) is 0 Å². The van der Waals surface area contributed by atoms with Crippen LogP contribution in [0.25, 0.3) is 0 Å². The maximum Gasteiger partial charge on any atom is 0.364 e. The van der Waals surface area contributed by atoms with E-state index in [1.54, 1.807) is 18.2 Å². The molecule has 0 unspecified atom stereocenters. The second kappa shape index (κ2) is 7.90. The van der Waals surface area contributed by atoms with E-state index >= 15 is 0 Å². The van der Waals surface area contributed by atoms with Crippen LogP contribution in [0.5, 0.6) is 11.5 Å². The first-order chi connectivity index (χ1) is 13.1. The third-order valence-corrected chi connectivity index (χ3v) is 4.09. The van der Waals surface area contributed by atoms with Gasteiger partial charge < -0.3 is 14.3 Å². The van der Waals surface area contributed by atoms with Crippen LogP contribution in [0.4, 0.5) is 0 Å². The number of benzene rings is 2. The number of fused-ring (bicyclic) bond motifs is 1. The molecule has 2 aromatic carbocycles. The monoisotopic (exact) mass is 369 g/mol. The average Bonchev–Trinajstić information content (AvgIpc) is 2.93. The van der Waals surface area contributed by atoms with Gasteiger partial charge in [0.05, 0.1) is 30.4 Å². The SMILES string of the molecule is CCCCOc1ccc(C(=O)ON2C(=O)c3ccccc3C2=O)cc1OC. The largest absolute Gasteiger partial charge is 0.493 e. The number of imide groups is 1. The van der Waals surface area contributed by atoms with Gasteiger partial charge in [0.15, 0.2) is 11.5 Å². The van der Waals surface area contributed by atoms with Crippen molar-refractivity contribution in [3.8, 4) is 11.5 Å². The van der Waals surface area contributed by atoms with Crippen molar-refractivity contribution in [3.63, 3.8) is 0 Å². The molecule has 140 valence electrons. The Morgan fingerprint density at radius 1 is 1.00 bits per heavy atom. The van der Waals surface area contributed by atoms with Gasteiger partial charge in [0.2, 0.25) is 0 Å². The molecular formula is C20H19NO6. The second-order valence-electron chi connectivity index (χ2n) is 5.90. The Morgan fingerprint density at radius 2 is 1.67 bits per heavy atom. The van der Waals surface area contributed by atoms with E-state index in [0.717, 1.165) is 12.8 Å². The number of nitrogens with zero attached hydrogens (tertiary/aromatic N) is 1. The summed E-state index contributed by atoms with van der Waals surface area (Å²) >= 11 is 0. The number of carbonyl (C=O) groups is 3. The summed E-state index contributed by atoms with van der Waals surface area (Å²) in [5.41, 5.74) is 0.534. The number of hydrogen-bond acceptors (Lipinski definition) is 6. The first-order valence-corrected chi connectivity index (χ1v) is 8.57. The van der Waals surface area contributed by atoms with Crippen LogP contribution in [0.1, 0.15) is 50.8 Å². The summed E-state index contributed by atoms with van der Waals surface area (Å²) in [6.45, 7) is 2.59. The highest BCUT2D eigenvalue weighted by molar-refractivity contribution is 6.21. The number of rotatable bonds is 7. The van der Waals surface area contributed by atoms with E-state index in [-0.39, 0.29) is 16.7 Å².